The first-order chi connectivity index (χ1) is 6.51. The van der Waals surface area contributed by atoms with E-state index in [2.05, 4.69) is 5.92 Å². The van der Waals surface area contributed by atoms with E-state index in [1.165, 1.54) is 6.07 Å². The Morgan fingerprint density at radius 2 is 1.93 bits per heavy atom. The summed E-state index contributed by atoms with van der Waals surface area (Å²) in [5.41, 5.74) is 1.03. The van der Waals surface area contributed by atoms with Gasteiger partial charge in [-0.05, 0) is 17.7 Å². The molecule has 0 spiro atoms. The van der Waals surface area contributed by atoms with Crippen LogP contribution in [0.3, 0.4) is 0 Å². The summed E-state index contributed by atoms with van der Waals surface area (Å²) in [5.74, 6) is 2.60. The van der Waals surface area contributed by atoms with Gasteiger partial charge in [-0.3, -0.25) is 0 Å². The van der Waals surface area contributed by atoms with E-state index >= 15 is 0 Å². The molecule has 0 bridgehead atoms. The Labute approximate surface area is 129 Å². The molecule has 0 saturated heterocycles. The molecular formula is C10H7BF3K. The average Bonchev–Trinajstić information content (AvgIpc) is 2.14. The first kappa shape index (κ1) is 15.0. The molecule has 0 N–H and O–H groups in total. The number of terminal acetylenes is 1. The molecule has 0 aromatic heterocycles. The van der Waals surface area contributed by atoms with Gasteiger partial charge in [0.1, 0.15) is 0 Å². The van der Waals surface area contributed by atoms with Crippen LogP contribution in [-0.4, -0.2) is 6.98 Å². The summed E-state index contributed by atoms with van der Waals surface area (Å²) in [4.78, 5) is 0. The third kappa shape index (κ3) is 6.23. The molecule has 0 aliphatic carbocycles. The minimum atomic E-state index is -4.88. The molecule has 0 unspecified atom stereocenters. The molecule has 1 rings (SSSR count). The second-order valence-electron chi connectivity index (χ2n) is 2.75. The number of hydrogen-bond acceptors (Lipinski definition) is 0. The van der Waals surface area contributed by atoms with Crippen LogP contribution in [-0.2, 0) is 0 Å². The molecule has 0 nitrogen and oxygen atoms in total. The molecule has 1 aromatic rings. The van der Waals surface area contributed by atoms with E-state index < -0.39 is 6.98 Å². The van der Waals surface area contributed by atoms with E-state index in [4.69, 9.17) is 6.42 Å². The molecule has 1 aromatic carbocycles. The molecule has 0 radical (unpaired) electrons. The van der Waals surface area contributed by atoms with Crippen LogP contribution in [0, 0.1) is 12.3 Å². The Bertz CT molecular complexity index is 390. The van der Waals surface area contributed by atoms with E-state index in [1.807, 2.05) is 0 Å². The molecule has 0 fully saturated rings. The number of rotatable bonds is 2. The third-order valence-electron chi connectivity index (χ3n) is 1.56. The third-order valence-corrected chi connectivity index (χ3v) is 1.56. The Morgan fingerprint density at radius 1 is 1.27 bits per heavy atom. The Kier molecular flexibility index (Phi) is 6.57. The van der Waals surface area contributed by atoms with E-state index in [0.717, 1.165) is 6.08 Å². The van der Waals surface area contributed by atoms with Gasteiger partial charge in [-0.15, -0.1) is 12.4 Å². The Morgan fingerprint density at radius 3 is 2.47 bits per heavy atom. The van der Waals surface area contributed by atoms with Crippen molar-refractivity contribution in [3.8, 4) is 12.3 Å². The maximum absolute atomic E-state index is 11.9. The average molecular weight is 234 g/mol. The van der Waals surface area contributed by atoms with Gasteiger partial charge in [0.2, 0.25) is 0 Å². The predicted octanol–water partition coefficient (Wildman–Crippen LogP) is 0.0717. The Hall–Kier alpha value is 0.0113. The number of benzene rings is 1. The molecular weight excluding hydrogens is 227 g/mol. The van der Waals surface area contributed by atoms with Gasteiger partial charge < -0.3 is 12.9 Å². The normalized spacial score (nSPS) is 10.8. The standard InChI is InChI=1S/C10H7BF3.K/c1-2-9-4-3-5-10(8-9)6-7-11(12,13)14;/h1,3-8H;/q-1;+1/b7-6+;. The largest absolute Gasteiger partial charge is 1.00 e. The maximum atomic E-state index is 11.9. The first-order valence-corrected chi connectivity index (χ1v) is 3.97. The van der Waals surface area contributed by atoms with Gasteiger partial charge >= 0.3 is 58.4 Å². The molecule has 0 aliphatic heterocycles. The summed E-state index contributed by atoms with van der Waals surface area (Å²) in [5, 5.41) is 0. The van der Waals surface area contributed by atoms with Gasteiger partial charge in [-0.1, -0.05) is 24.1 Å². The fraction of sp³-hybridized carbons (Fsp3) is 0. The second kappa shape index (κ2) is 6.56. The van der Waals surface area contributed by atoms with Gasteiger partial charge in [0.15, 0.2) is 0 Å². The van der Waals surface area contributed by atoms with Crippen molar-refractivity contribution in [3.63, 3.8) is 0 Å². The minimum absolute atomic E-state index is 0. The van der Waals surface area contributed by atoms with Crippen molar-refractivity contribution < 1.29 is 64.3 Å². The fourth-order valence-corrected chi connectivity index (χ4v) is 0.952. The zero-order chi connectivity index (χ0) is 10.6. The number of halogens is 3. The molecule has 0 aliphatic rings. The molecule has 15 heavy (non-hydrogen) atoms. The quantitative estimate of drug-likeness (QED) is 0.502. The SMILES string of the molecule is C#Cc1cccc(/C=C/[B-](F)(F)F)c1.[K+]. The van der Waals surface area contributed by atoms with Crippen LogP contribution in [0.2, 0.25) is 0 Å². The molecule has 72 valence electrons. The summed E-state index contributed by atoms with van der Waals surface area (Å²) in [6.45, 7) is -4.88. The predicted molar refractivity (Wildman–Crippen MR) is 52.5 cm³/mol. The molecule has 0 saturated carbocycles. The van der Waals surface area contributed by atoms with Gasteiger partial charge in [0.25, 0.3) is 0 Å². The topological polar surface area (TPSA) is 0 Å². The zero-order valence-corrected chi connectivity index (χ0v) is 11.4. The monoisotopic (exact) mass is 234 g/mol. The van der Waals surface area contributed by atoms with Gasteiger partial charge in [-0.2, -0.15) is 0 Å². The van der Waals surface area contributed by atoms with Crippen LogP contribution in [0.25, 0.3) is 6.08 Å². The van der Waals surface area contributed by atoms with E-state index in [1.54, 1.807) is 18.2 Å². The molecule has 0 amide bonds. The van der Waals surface area contributed by atoms with Crippen molar-refractivity contribution in [2.24, 2.45) is 0 Å². The van der Waals surface area contributed by atoms with Crippen LogP contribution >= 0.6 is 0 Å². The van der Waals surface area contributed by atoms with Crippen LogP contribution in [0.5, 0.6) is 0 Å². The first-order valence-electron chi connectivity index (χ1n) is 3.97. The van der Waals surface area contributed by atoms with Crippen LogP contribution in [0.15, 0.2) is 30.2 Å². The van der Waals surface area contributed by atoms with Crippen molar-refractivity contribution in [1.82, 2.24) is 0 Å². The van der Waals surface area contributed by atoms with Gasteiger partial charge in [0.05, 0.1) is 0 Å². The van der Waals surface area contributed by atoms with E-state index in [9.17, 15) is 12.9 Å². The summed E-state index contributed by atoms with van der Waals surface area (Å²) >= 11 is 0. The second-order valence-corrected chi connectivity index (χ2v) is 2.75. The van der Waals surface area contributed by atoms with Crippen molar-refractivity contribution >= 4 is 13.1 Å². The fourth-order valence-electron chi connectivity index (χ4n) is 0.952. The van der Waals surface area contributed by atoms with Crippen molar-refractivity contribution in [2.75, 3.05) is 0 Å². The molecule has 0 atom stereocenters. The summed E-state index contributed by atoms with van der Waals surface area (Å²) in [7, 11) is 0. The smallest absolute Gasteiger partial charge is 0.445 e. The number of hydrogen-bond donors (Lipinski definition) is 0. The Balaban J connectivity index is 0.00000196. The van der Waals surface area contributed by atoms with Crippen molar-refractivity contribution in [3.05, 3.63) is 41.4 Å². The zero-order valence-electron chi connectivity index (χ0n) is 8.25. The van der Waals surface area contributed by atoms with Crippen molar-refractivity contribution in [1.29, 1.82) is 0 Å². The van der Waals surface area contributed by atoms with Crippen LogP contribution in [0.4, 0.5) is 12.9 Å². The van der Waals surface area contributed by atoms with Gasteiger partial charge in [-0.25, -0.2) is 0 Å². The molecule has 0 heterocycles. The van der Waals surface area contributed by atoms with Crippen LogP contribution in [0.1, 0.15) is 11.1 Å². The van der Waals surface area contributed by atoms with Crippen molar-refractivity contribution in [2.45, 2.75) is 0 Å². The maximum Gasteiger partial charge on any atom is 1.00 e. The minimum Gasteiger partial charge on any atom is -0.445 e. The van der Waals surface area contributed by atoms with Gasteiger partial charge in [0, 0.05) is 5.56 Å². The summed E-state index contributed by atoms with van der Waals surface area (Å²) < 4.78 is 35.6. The van der Waals surface area contributed by atoms with Crippen LogP contribution < -0.4 is 51.4 Å². The van der Waals surface area contributed by atoms with E-state index in [0.29, 0.717) is 11.1 Å². The van der Waals surface area contributed by atoms with E-state index in [-0.39, 0.29) is 57.4 Å². The summed E-state index contributed by atoms with van der Waals surface area (Å²) in [6, 6.07) is 6.38. The molecule has 5 heteroatoms. The summed E-state index contributed by atoms with van der Waals surface area (Å²) in [6.07, 6.45) is 6.12.